The molecule has 0 unspecified atom stereocenters. The fraction of sp³-hybridized carbons (Fsp3) is 0.588. The van der Waals surface area contributed by atoms with E-state index in [1.54, 1.807) is 12.1 Å². The van der Waals surface area contributed by atoms with E-state index >= 15 is 0 Å². The predicted molar refractivity (Wildman–Crippen MR) is 86.5 cm³/mol. The maximum atomic E-state index is 11.3. The van der Waals surface area contributed by atoms with Crippen LogP contribution in [0.5, 0.6) is 11.5 Å². The number of carbonyl (C=O) groups is 1. The fourth-order valence-electron chi connectivity index (χ4n) is 2.37. The van der Waals surface area contributed by atoms with Crippen molar-refractivity contribution in [1.29, 1.82) is 0 Å². The highest BCUT2D eigenvalue weighted by atomic mass is 16.5. The molecule has 0 aliphatic heterocycles. The standard InChI is InChI=1S/C17H27NO4/c1-3-4-5-6-7-8-11-18(17(20)21)13-14-9-10-15(19)16(12-14)22-2/h9-10,12,19H,3-8,11,13H2,1-2H3,(H,20,21). The van der Waals surface area contributed by atoms with E-state index in [-0.39, 0.29) is 5.75 Å². The number of amides is 1. The number of hydrogen-bond donors (Lipinski definition) is 2. The molecular weight excluding hydrogens is 282 g/mol. The lowest BCUT2D eigenvalue weighted by molar-refractivity contribution is 0.141. The second-order valence-electron chi connectivity index (χ2n) is 5.48. The van der Waals surface area contributed by atoms with Crippen LogP contribution in [0.2, 0.25) is 0 Å². The summed E-state index contributed by atoms with van der Waals surface area (Å²) >= 11 is 0. The lowest BCUT2D eigenvalue weighted by atomic mass is 10.1. The van der Waals surface area contributed by atoms with E-state index < -0.39 is 6.09 Å². The first-order valence-electron chi connectivity index (χ1n) is 7.92. The summed E-state index contributed by atoms with van der Waals surface area (Å²) in [5, 5.41) is 18.9. The smallest absolute Gasteiger partial charge is 0.407 e. The Hall–Kier alpha value is -1.91. The first-order valence-corrected chi connectivity index (χ1v) is 7.92. The fourth-order valence-corrected chi connectivity index (χ4v) is 2.37. The van der Waals surface area contributed by atoms with Gasteiger partial charge >= 0.3 is 6.09 Å². The van der Waals surface area contributed by atoms with Crippen LogP contribution in [0, 0.1) is 0 Å². The van der Waals surface area contributed by atoms with Gasteiger partial charge in [-0.25, -0.2) is 4.79 Å². The molecule has 0 aliphatic carbocycles. The summed E-state index contributed by atoms with van der Waals surface area (Å²) in [5.41, 5.74) is 0.808. The van der Waals surface area contributed by atoms with Crippen molar-refractivity contribution >= 4 is 6.09 Å². The molecule has 0 atom stereocenters. The van der Waals surface area contributed by atoms with Crippen molar-refractivity contribution in [2.45, 2.75) is 52.0 Å². The van der Waals surface area contributed by atoms with Gasteiger partial charge in [0.25, 0.3) is 0 Å². The molecule has 0 saturated heterocycles. The van der Waals surface area contributed by atoms with Crippen LogP contribution in [0.1, 0.15) is 51.0 Å². The van der Waals surface area contributed by atoms with Crippen molar-refractivity contribution in [3.8, 4) is 11.5 Å². The molecule has 5 nitrogen and oxygen atoms in total. The molecule has 0 aliphatic rings. The highest BCUT2D eigenvalue weighted by Gasteiger charge is 2.13. The van der Waals surface area contributed by atoms with Crippen LogP contribution in [0.3, 0.4) is 0 Å². The predicted octanol–water partition coefficient (Wildman–Crippen LogP) is 4.24. The molecule has 0 radical (unpaired) electrons. The molecule has 5 heteroatoms. The first-order chi connectivity index (χ1) is 10.6. The van der Waals surface area contributed by atoms with Gasteiger partial charge in [0.05, 0.1) is 7.11 Å². The normalized spacial score (nSPS) is 10.5. The second kappa shape index (κ2) is 9.92. The molecule has 1 rings (SSSR count). The van der Waals surface area contributed by atoms with E-state index in [0.29, 0.717) is 18.8 Å². The number of unbranched alkanes of at least 4 members (excludes halogenated alkanes) is 5. The lowest BCUT2D eigenvalue weighted by Gasteiger charge is -2.19. The van der Waals surface area contributed by atoms with Gasteiger partial charge < -0.3 is 19.8 Å². The topological polar surface area (TPSA) is 70.0 Å². The van der Waals surface area contributed by atoms with E-state index in [0.717, 1.165) is 24.8 Å². The van der Waals surface area contributed by atoms with Gasteiger partial charge in [-0.3, -0.25) is 0 Å². The molecule has 1 aromatic carbocycles. The average molecular weight is 309 g/mol. The second-order valence-corrected chi connectivity index (χ2v) is 5.48. The van der Waals surface area contributed by atoms with Gasteiger partial charge in [-0.1, -0.05) is 45.1 Å². The molecule has 0 saturated carbocycles. The third-order valence-corrected chi connectivity index (χ3v) is 3.67. The van der Waals surface area contributed by atoms with Crippen molar-refractivity contribution in [2.24, 2.45) is 0 Å². The molecule has 0 fully saturated rings. The Bertz CT molecular complexity index is 462. The van der Waals surface area contributed by atoms with Gasteiger partial charge in [0, 0.05) is 13.1 Å². The zero-order chi connectivity index (χ0) is 16.4. The van der Waals surface area contributed by atoms with E-state index in [2.05, 4.69) is 6.92 Å². The Morgan fingerprint density at radius 1 is 1.18 bits per heavy atom. The molecule has 0 aromatic heterocycles. The molecule has 1 amide bonds. The van der Waals surface area contributed by atoms with Gasteiger partial charge in [0.2, 0.25) is 0 Å². The van der Waals surface area contributed by atoms with Crippen LogP contribution >= 0.6 is 0 Å². The minimum absolute atomic E-state index is 0.0593. The van der Waals surface area contributed by atoms with Crippen molar-refractivity contribution in [3.05, 3.63) is 23.8 Å². The summed E-state index contributed by atoms with van der Waals surface area (Å²) in [6.07, 6.45) is 5.86. The van der Waals surface area contributed by atoms with Gasteiger partial charge in [-0.15, -0.1) is 0 Å². The highest BCUT2D eigenvalue weighted by molar-refractivity contribution is 5.65. The van der Waals surface area contributed by atoms with Crippen LogP contribution < -0.4 is 4.74 Å². The minimum Gasteiger partial charge on any atom is -0.504 e. The number of rotatable bonds is 10. The minimum atomic E-state index is -0.916. The Morgan fingerprint density at radius 3 is 2.50 bits per heavy atom. The number of ether oxygens (including phenoxy) is 1. The maximum Gasteiger partial charge on any atom is 0.407 e. The quantitative estimate of drug-likeness (QED) is 0.634. The zero-order valence-electron chi connectivity index (χ0n) is 13.5. The van der Waals surface area contributed by atoms with E-state index in [9.17, 15) is 15.0 Å². The van der Waals surface area contributed by atoms with E-state index in [1.165, 1.54) is 37.3 Å². The van der Waals surface area contributed by atoms with Gasteiger partial charge in [-0.2, -0.15) is 0 Å². The maximum absolute atomic E-state index is 11.3. The third kappa shape index (κ3) is 6.24. The Kier molecular flexibility index (Phi) is 8.18. The Balaban J connectivity index is 2.48. The Labute approximate surface area is 132 Å². The monoisotopic (exact) mass is 309 g/mol. The van der Waals surface area contributed by atoms with Gasteiger partial charge in [0.15, 0.2) is 11.5 Å². The molecule has 2 N–H and O–H groups in total. The van der Waals surface area contributed by atoms with Crippen molar-refractivity contribution in [2.75, 3.05) is 13.7 Å². The number of phenolic OH excluding ortho intramolecular Hbond substituents is 1. The van der Waals surface area contributed by atoms with E-state index in [4.69, 9.17) is 4.74 Å². The van der Waals surface area contributed by atoms with Crippen LogP contribution in [-0.2, 0) is 6.54 Å². The summed E-state index contributed by atoms with van der Waals surface area (Å²) in [6, 6.07) is 4.92. The Morgan fingerprint density at radius 2 is 1.86 bits per heavy atom. The number of benzene rings is 1. The molecule has 0 spiro atoms. The third-order valence-electron chi connectivity index (χ3n) is 3.67. The van der Waals surface area contributed by atoms with Crippen LogP contribution in [0.15, 0.2) is 18.2 Å². The lowest BCUT2D eigenvalue weighted by Crippen LogP contribution is -2.29. The van der Waals surface area contributed by atoms with Crippen molar-refractivity contribution in [1.82, 2.24) is 4.90 Å². The van der Waals surface area contributed by atoms with Crippen LogP contribution in [0.4, 0.5) is 4.79 Å². The van der Waals surface area contributed by atoms with Crippen molar-refractivity contribution in [3.63, 3.8) is 0 Å². The number of nitrogens with zero attached hydrogens (tertiary/aromatic N) is 1. The summed E-state index contributed by atoms with van der Waals surface area (Å²) in [5.74, 6) is 0.423. The molecule has 0 bridgehead atoms. The average Bonchev–Trinajstić information content (AvgIpc) is 2.50. The first kappa shape index (κ1) is 18.1. The van der Waals surface area contributed by atoms with Gasteiger partial charge in [-0.05, 0) is 24.1 Å². The van der Waals surface area contributed by atoms with Gasteiger partial charge in [0.1, 0.15) is 0 Å². The molecule has 22 heavy (non-hydrogen) atoms. The number of aromatic hydroxyl groups is 1. The highest BCUT2D eigenvalue weighted by Crippen LogP contribution is 2.26. The molecular formula is C17H27NO4. The summed E-state index contributed by atoms with van der Waals surface area (Å²) in [7, 11) is 1.48. The molecule has 124 valence electrons. The largest absolute Gasteiger partial charge is 0.504 e. The molecule has 0 heterocycles. The molecule has 1 aromatic rings. The summed E-state index contributed by atoms with van der Waals surface area (Å²) in [4.78, 5) is 12.7. The zero-order valence-corrected chi connectivity index (χ0v) is 13.5. The summed E-state index contributed by atoms with van der Waals surface area (Å²) < 4.78 is 5.05. The van der Waals surface area contributed by atoms with E-state index in [1.807, 2.05) is 0 Å². The SMILES string of the molecule is CCCCCCCCN(Cc1ccc(O)c(OC)c1)C(=O)O. The number of phenols is 1. The summed E-state index contributed by atoms with van der Waals surface area (Å²) in [6.45, 7) is 3.02. The van der Waals surface area contributed by atoms with Crippen molar-refractivity contribution < 1.29 is 19.7 Å². The van der Waals surface area contributed by atoms with Crippen LogP contribution in [0.25, 0.3) is 0 Å². The number of methoxy groups -OCH3 is 1. The number of carboxylic acid groups (broad SMARTS) is 1. The number of hydrogen-bond acceptors (Lipinski definition) is 3. The van der Waals surface area contributed by atoms with Crippen LogP contribution in [-0.4, -0.2) is 34.9 Å².